The lowest BCUT2D eigenvalue weighted by Gasteiger charge is -2.15. The molecule has 1 aromatic carbocycles. The highest BCUT2D eigenvalue weighted by Crippen LogP contribution is 2.28. The van der Waals surface area contributed by atoms with E-state index in [1.54, 1.807) is 12.1 Å². The zero-order chi connectivity index (χ0) is 16.5. The van der Waals surface area contributed by atoms with E-state index in [0.29, 0.717) is 19.0 Å². The van der Waals surface area contributed by atoms with E-state index >= 15 is 0 Å². The van der Waals surface area contributed by atoms with Crippen molar-refractivity contribution in [3.63, 3.8) is 0 Å². The smallest absolute Gasteiger partial charge is 0.303 e. The molecule has 0 aromatic heterocycles. The summed E-state index contributed by atoms with van der Waals surface area (Å²) in [5, 5.41) is 0. The number of benzene rings is 1. The molecule has 1 saturated carbocycles. The summed E-state index contributed by atoms with van der Waals surface area (Å²) in [6.07, 6.45) is 2.14. The molecule has 23 heavy (non-hydrogen) atoms. The maximum atomic E-state index is 10.9. The van der Waals surface area contributed by atoms with E-state index in [1.807, 2.05) is 12.1 Å². The third-order valence-corrected chi connectivity index (χ3v) is 3.66. The average Bonchev–Trinajstić information content (AvgIpc) is 3.36. The van der Waals surface area contributed by atoms with Gasteiger partial charge in [-0.2, -0.15) is 0 Å². The second-order valence-electron chi connectivity index (χ2n) is 5.53. The summed E-state index contributed by atoms with van der Waals surface area (Å²) in [6.45, 7) is 3.56. The first-order valence-corrected chi connectivity index (χ1v) is 8.37. The number of halogens is 1. The Balaban J connectivity index is 1.63. The molecule has 0 bridgehead atoms. The molecule has 2 rings (SSSR count). The molecule has 1 aromatic rings. The van der Waals surface area contributed by atoms with Crippen molar-refractivity contribution in [2.75, 3.05) is 32.3 Å². The van der Waals surface area contributed by atoms with Crippen LogP contribution in [0, 0.1) is 5.92 Å². The van der Waals surface area contributed by atoms with Crippen molar-refractivity contribution in [1.82, 2.24) is 0 Å². The van der Waals surface area contributed by atoms with Crippen LogP contribution in [-0.2, 0) is 14.3 Å². The summed E-state index contributed by atoms with van der Waals surface area (Å²) in [5.74, 6) is 2.04. The van der Waals surface area contributed by atoms with Gasteiger partial charge in [-0.3, -0.25) is 4.79 Å². The largest absolute Gasteiger partial charge is 0.491 e. The quantitative estimate of drug-likeness (QED) is 0.351. The maximum absolute atomic E-state index is 10.9. The normalized spacial score (nSPS) is 15.0. The third-order valence-electron chi connectivity index (χ3n) is 3.31. The van der Waals surface area contributed by atoms with Gasteiger partial charge in [0.15, 0.2) is 0 Å². The lowest BCUT2D eigenvalue weighted by Crippen LogP contribution is -2.25. The molecule has 0 N–H and O–H groups in total. The van der Waals surface area contributed by atoms with E-state index in [-0.39, 0.29) is 18.5 Å². The van der Waals surface area contributed by atoms with Crippen LogP contribution in [-0.4, -0.2) is 44.4 Å². The molecule has 0 radical (unpaired) electrons. The fourth-order valence-corrected chi connectivity index (χ4v) is 2.07. The molecule has 128 valence electrons. The van der Waals surface area contributed by atoms with E-state index < -0.39 is 6.10 Å². The topological polar surface area (TPSA) is 54.0 Å². The van der Waals surface area contributed by atoms with Crippen LogP contribution >= 0.6 is 11.6 Å². The minimum atomic E-state index is -0.450. The highest BCUT2D eigenvalue weighted by molar-refractivity contribution is 6.18. The molecule has 0 amide bonds. The maximum Gasteiger partial charge on any atom is 0.303 e. The Morgan fingerprint density at radius 3 is 2.39 bits per heavy atom. The molecule has 1 aliphatic carbocycles. The third kappa shape index (κ3) is 7.57. The predicted octanol–water partition coefficient (Wildman–Crippen LogP) is 3.04. The summed E-state index contributed by atoms with van der Waals surface area (Å²) in [4.78, 5) is 10.9. The monoisotopic (exact) mass is 342 g/mol. The second kappa shape index (κ2) is 9.63. The minimum absolute atomic E-state index is 0.196. The molecule has 0 saturated heterocycles. The lowest BCUT2D eigenvalue weighted by atomic mass is 10.3. The van der Waals surface area contributed by atoms with Gasteiger partial charge >= 0.3 is 5.97 Å². The number of alkyl halides is 1. The number of carbonyl (C=O) groups is 1. The van der Waals surface area contributed by atoms with Crippen molar-refractivity contribution in [1.29, 1.82) is 0 Å². The zero-order valence-electron chi connectivity index (χ0n) is 13.3. The van der Waals surface area contributed by atoms with Crippen LogP contribution in [0.1, 0.15) is 19.8 Å². The van der Waals surface area contributed by atoms with Gasteiger partial charge in [0.25, 0.3) is 0 Å². The van der Waals surface area contributed by atoms with Crippen molar-refractivity contribution in [3.05, 3.63) is 24.3 Å². The minimum Gasteiger partial charge on any atom is -0.491 e. The Hall–Kier alpha value is -1.46. The number of esters is 1. The Morgan fingerprint density at radius 1 is 1.17 bits per heavy atom. The van der Waals surface area contributed by atoms with E-state index in [9.17, 15) is 4.79 Å². The Bertz CT molecular complexity index is 472. The molecular formula is C17H23ClO5. The summed E-state index contributed by atoms with van der Waals surface area (Å²) >= 11 is 5.72. The van der Waals surface area contributed by atoms with Gasteiger partial charge in [0.1, 0.15) is 30.8 Å². The summed E-state index contributed by atoms with van der Waals surface area (Å²) in [7, 11) is 0. The first kappa shape index (κ1) is 17.9. The number of rotatable bonds is 11. The van der Waals surface area contributed by atoms with Crippen LogP contribution in [0.5, 0.6) is 11.5 Å². The van der Waals surface area contributed by atoms with Gasteiger partial charge < -0.3 is 18.9 Å². The SMILES string of the molecule is CC(=O)O[C@H](CCl)COc1ccc(OCCOCC2CC2)cc1. The Kier molecular flexibility index (Phi) is 7.49. The molecule has 1 atom stereocenters. The van der Waals surface area contributed by atoms with Crippen LogP contribution in [0.25, 0.3) is 0 Å². The fraction of sp³-hybridized carbons (Fsp3) is 0.588. The van der Waals surface area contributed by atoms with Crippen molar-refractivity contribution in [2.45, 2.75) is 25.9 Å². The molecule has 0 heterocycles. The highest BCUT2D eigenvalue weighted by Gasteiger charge is 2.20. The van der Waals surface area contributed by atoms with E-state index in [2.05, 4.69) is 0 Å². The van der Waals surface area contributed by atoms with E-state index in [4.69, 9.17) is 30.5 Å². The van der Waals surface area contributed by atoms with Crippen LogP contribution in [0.2, 0.25) is 0 Å². The lowest BCUT2D eigenvalue weighted by molar-refractivity contribution is -0.146. The molecule has 0 unspecified atom stereocenters. The van der Waals surface area contributed by atoms with Crippen molar-refractivity contribution in [2.24, 2.45) is 5.92 Å². The number of ether oxygens (including phenoxy) is 4. The Labute approximate surface area is 141 Å². The van der Waals surface area contributed by atoms with Crippen LogP contribution in [0.4, 0.5) is 0 Å². The Morgan fingerprint density at radius 2 is 1.83 bits per heavy atom. The molecule has 0 spiro atoms. The number of hydrogen-bond acceptors (Lipinski definition) is 5. The predicted molar refractivity (Wildman–Crippen MR) is 87.2 cm³/mol. The van der Waals surface area contributed by atoms with Gasteiger partial charge in [0, 0.05) is 13.5 Å². The zero-order valence-corrected chi connectivity index (χ0v) is 14.1. The van der Waals surface area contributed by atoms with Gasteiger partial charge in [-0.05, 0) is 43.0 Å². The van der Waals surface area contributed by atoms with Gasteiger partial charge in [-0.1, -0.05) is 0 Å². The summed E-state index contributed by atoms with van der Waals surface area (Å²) < 4.78 is 21.7. The molecule has 1 fully saturated rings. The summed E-state index contributed by atoms with van der Waals surface area (Å²) in [5.41, 5.74) is 0. The number of hydrogen-bond donors (Lipinski definition) is 0. The molecular weight excluding hydrogens is 320 g/mol. The standard InChI is InChI=1S/C17H23ClO5/c1-13(19)23-17(10-18)12-22-16-6-4-15(5-7-16)21-9-8-20-11-14-2-3-14/h4-7,14,17H,2-3,8-12H2,1H3/t17-/m1/s1. The first-order valence-electron chi connectivity index (χ1n) is 7.84. The molecule has 5 nitrogen and oxygen atoms in total. The van der Waals surface area contributed by atoms with Crippen LogP contribution in [0.15, 0.2) is 24.3 Å². The fourth-order valence-electron chi connectivity index (χ4n) is 1.92. The first-order chi connectivity index (χ1) is 11.2. The highest BCUT2D eigenvalue weighted by atomic mass is 35.5. The van der Waals surface area contributed by atoms with E-state index in [0.717, 1.165) is 18.3 Å². The molecule has 6 heteroatoms. The van der Waals surface area contributed by atoms with Gasteiger partial charge in [-0.25, -0.2) is 0 Å². The second-order valence-corrected chi connectivity index (χ2v) is 5.84. The van der Waals surface area contributed by atoms with Crippen molar-refractivity contribution in [3.8, 4) is 11.5 Å². The van der Waals surface area contributed by atoms with Crippen LogP contribution < -0.4 is 9.47 Å². The van der Waals surface area contributed by atoms with Crippen molar-refractivity contribution < 1.29 is 23.7 Å². The number of carbonyl (C=O) groups excluding carboxylic acids is 1. The van der Waals surface area contributed by atoms with Crippen LogP contribution in [0.3, 0.4) is 0 Å². The van der Waals surface area contributed by atoms with Gasteiger partial charge in [0.05, 0.1) is 12.5 Å². The molecule has 1 aliphatic rings. The summed E-state index contributed by atoms with van der Waals surface area (Å²) in [6, 6.07) is 7.27. The van der Waals surface area contributed by atoms with E-state index in [1.165, 1.54) is 19.8 Å². The average molecular weight is 343 g/mol. The van der Waals surface area contributed by atoms with Gasteiger partial charge in [-0.15, -0.1) is 11.6 Å². The van der Waals surface area contributed by atoms with Gasteiger partial charge in [0.2, 0.25) is 0 Å². The molecule has 0 aliphatic heterocycles. The van der Waals surface area contributed by atoms with Crippen molar-refractivity contribution >= 4 is 17.6 Å².